The van der Waals surface area contributed by atoms with Crippen molar-refractivity contribution in [2.75, 3.05) is 13.1 Å². The smallest absolute Gasteiger partial charge is 0.336 e. The number of nitro groups is 1. The number of hydrogen-bond acceptors (Lipinski definition) is 4. The molecule has 1 fully saturated rings. The summed E-state index contributed by atoms with van der Waals surface area (Å²) in [5, 5.41) is 10.8. The topological polar surface area (TPSA) is 85.5 Å². The third-order valence-electron chi connectivity index (χ3n) is 3.29. The molecule has 0 radical (unpaired) electrons. The fourth-order valence-corrected chi connectivity index (χ4v) is 2.21. The summed E-state index contributed by atoms with van der Waals surface area (Å²) in [6.07, 6.45) is 3.36. The van der Waals surface area contributed by atoms with Gasteiger partial charge in [0, 0.05) is 24.8 Å². The fraction of sp³-hybridized carbons (Fsp3) is 0.500. The molecule has 0 saturated carbocycles. The Bertz CT molecular complexity index is 573. The molecule has 102 valence electrons. The number of rotatable bonds is 3. The van der Waals surface area contributed by atoms with Crippen molar-refractivity contribution in [3.05, 3.63) is 38.3 Å². The van der Waals surface area contributed by atoms with Crippen molar-refractivity contribution in [1.82, 2.24) is 9.47 Å². The zero-order chi connectivity index (χ0) is 14.0. The van der Waals surface area contributed by atoms with Crippen LogP contribution in [-0.4, -0.2) is 33.4 Å². The number of carbonyl (C=O) groups excluding carboxylic acids is 1. The molecule has 2 rings (SSSR count). The number of pyridine rings is 1. The van der Waals surface area contributed by atoms with E-state index in [0.717, 1.165) is 17.4 Å². The first-order valence-corrected chi connectivity index (χ1v) is 6.13. The predicted molar refractivity (Wildman–Crippen MR) is 67.9 cm³/mol. The first-order chi connectivity index (χ1) is 9.00. The molecule has 0 aromatic carbocycles. The molecule has 0 N–H and O–H groups in total. The molecule has 7 nitrogen and oxygen atoms in total. The monoisotopic (exact) mass is 265 g/mol. The van der Waals surface area contributed by atoms with Crippen LogP contribution in [0.1, 0.15) is 18.4 Å². The molecule has 0 atom stereocenters. The van der Waals surface area contributed by atoms with Crippen LogP contribution >= 0.6 is 0 Å². The summed E-state index contributed by atoms with van der Waals surface area (Å²) in [6.45, 7) is 2.76. The van der Waals surface area contributed by atoms with E-state index >= 15 is 0 Å². The van der Waals surface area contributed by atoms with E-state index in [1.54, 1.807) is 4.90 Å². The van der Waals surface area contributed by atoms with E-state index in [1.807, 2.05) is 0 Å². The number of carbonyl (C=O) groups is 1. The Morgan fingerprint density at radius 3 is 2.63 bits per heavy atom. The summed E-state index contributed by atoms with van der Waals surface area (Å²) in [6, 6.07) is 1.48. The molecule has 0 spiro atoms. The van der Waals surface area contributed by atoms with Gasteiger partial charge in [-0.25, -0.2) is 0 Å². The average Bonchev–Trinajstić information content (AvgIpc) is 2.86. The van der Waals surface area contributed by atoms with Gasteiger partial charge in [0.15, 0.2) is 0 Å². The van der Waals surface area contributed by atoms with Crippen LogP contribution in [-0.2, 0) is 11.3 Å². The maximum atomic E-state index is 11.9. The predicted octanol–water partition coefficient (Wildman–Crippen LogP) is 0.687. The lowest BCUT2D eigenvalue weighted by Gasteiger charge is -2.15. The molecule has 1 saturated heterocycles. The molecule has 2 heterocycles. The molecular weight excluding hydrogens is 250 g/mol. The zero-order valence-electron chi connectivity index (χ0n) is 10.7. The Labute approximate surface area is 109 Å². The van der Waals surface area contributed by atoms with Crippen LogP contribution in [0.3, 0.4) is 0 Å². The maximum absolute atomic E-state index is 11.9. The minimum atomic E-state index is -0.724. The molecule has 1 amide bonds. The normalized spacial score (nSPS) is 14.7. The number of likely N-dealkylation sites (tertiary alicyclic amines) is 1. The fourth-order valence-electron chi connectivity index (χ4n) is 2.21. The number of nitrogens with zero attached hydrogens (tertiary/aromatic N) is 3. The van der Waals surface area contributed by atoms with Crippen molar-refractivity contribution in [3.63, 3.8) is 0 Å². The van der Waals surface area contributed by atoms with Crippen molar-refractivity contribution in [2.24, 2.45) is 0 Å². The molecule has 0 aliphatic carbocycles. The Kier molecular flexibility index (Phi) is 3.64. The van der Waals surface area contributed by atoms with Gasteiger partial charge in [0.2, 0.25) is 5.91 Å². The molecule has 7 heteroatoms. The Morgan fingerprint density at radius 1 is 1.42 bits per heavy atom. The van der Waals surface area contributed by atoms with E-state index < -0.39 is 16.2 Å². The number of hydrogen-bond donors (Lipinski definition) is 0. The van der Waals surface area contributed by atoms with Gasteiger partial charge in [0.25, 0.3) is 0 Å². The van der Waals surface area contributed by atoms with Gasteiger partial charge in [-0.2, -0.15) is 0 Å². The van der Waals surface area contributed by atoms with Gasteiger partial charge < -0.3 is 9.47 Å². The second kappa shape index (κ2) is 5.21. The Morgan fingerprint density at radius 2 is 2.05 bits per heavy atom. The first-order valence-electron chi connectivity index (χ1n) is 6.13. The largest absolute Gasteiger partial charge is 0.341 e. The van der Waals surface area contributed by atoms with Gasteiger partial charge in [0.05, 0.1) is 4.92 Å². The Balaban J connectivity index is 2.26. The molecule has 0 bridgehead atoms. The lowest BCUT2D eigenvalue weighted by atomic mass is 10.2. The van der Waals surface area contributed by atoms with Crippen molar-refractivity contribution >= 4 is 11.6 Å². The maximum Gasteiger partial charge on any atom is 0.336 e. The average molecular weight is 265 g/mol. The van der Waals surface area contributed by atoms with Crippen LogP contribution < -0.4 is 5.56 Å². The molecular formula is C12H15N3O4. The van der Waals surface area contributed by atoms with E-state index in [9.17, 15) is 19.7 Å². The molecule has 0 unspecified atom stereocenters. The second-order valence-corrected chi connectivity index (χ2v) is 4.63. The van der Waals surface area contributed by atoms with E-state index in [0.29, 0.717) is 18.7 Å². The lowest BCUT2D eigenvalue weighted by Crippen LogP contribution is -2.35. The summed E-state index contributed by atoms with van der Waals surface area (Å²) in [7, 11) is 0. The molecule has 1 aliphatic heterocycles. The van der Waals surface area contributed by atoms with Crippen LogP contribution in [0.4, 0.5) is 5.69 Å². The van der Waals surface area contributed by atoms with Gasteiger partial charge in [0.1, 0.15) is 6.54 Å². The highest BCUT2D eigenvalue weighted by Crippen LogP contribution is 2.12. The number of amides is 1. The van der Waals surface area contributed by atoms with Crippen molar-refractivity contribution in [1.29, 1.82) is 0 Å². The van der Waals surface area contributed by atoms with E-state index in [1.165, 1.54) is 19.2 Å². The molecule has 1 aliphatic rings. The SMILES string of the molecule is Cc1ccn(CC(=O)N2CCCC2)c(=O)c1[N+](=O)[O-]. The Hall–Kier alpha value is -2.18. The second-order valence-electron chi connectivity index (χ2n) is 4.63. The minimum Gasteiger partial charge on any atom is -0.341 e. The van der Waals surface area contributed by atoms with Crippen LogP contribution in [0.25, 0.3) is 0 Å². The highest BCUT2D eigenvalue weighted by molar-refractivity contribution is 5.76. The van der Waals surface area contributed by atoms with Crippen molar-refractivity contribution in [3.8, 4) is 0 Å². The van der Waals surface area contributed by atoms with Crippen molar-refractivity contribution < 1.29 is 9.72 Å². The zero-order valence-corrected chi connectivity index (χ0v) is 10.7. The van der Waals surface area contributed by atoms with Gasteiger partial charge in [-0.15, -0.1) is 0 Å². The van der Waals surface area contributed by atoms with Crippen molar-refractivity contribution in [2.45, 2.75) is 26.3 Å². The van der Waals surface area contributed by atoms with Crippen LogP contribution in [0.5, 0.6) is 0 Å². The summed E-state index contributed by atoms with van der Waals surface area (Å²) in [4.78, 5) is 35.7. The summed E-state index contributed by atoms with van der Waals surface area (Å²) < 4.78 is 1.10. The van der Waals surface area contributed by atoms with Gasteiger partial charge in [-0.05, 0) is 25.8 Å². The summed E-state index contributed by atoms with van der Waals surface area (Å²) in [5.41, 5.74) is -0.880. The molecule has 1 aromatic heterocycles. The van der Waals surface area contributed by atoms with Crippen LogP contribution in [0.15, 0.2) is 17.1 Å². The van der Waals surface area contributed by atoms with E-state index in [-0.39, 0.29) is 12.5 Å². The summed E-state index contributed by atoms with van der Waals surface area (Å²) in [5.74, 6) is -0.169. The first kappa shape index (κ1) is 13.3. The third kappa shape index (κ3) is 2.64. The number of aryl methyl sites for hydroxylation is 1. The van der Waals surface area contributed by atoms with E-state index in [2.05, 4.69) is 0 Å². The van der Waals surface area contributed by atoms with Gasteiger partial charge >= 0.3 is 11.2 Å². The third-order valence-corrected chi connectivity index (χ3v) is 3.29. The summed E-state index contributed by atoms with van der Waals surface area (Å²) >= 11 is 0. The lowest BCUT2D eigenvalue weighted by molar-refractivity contribution is -0.387. The highest BCUT2D eigenvalue weighted by atomic mass is 16.6. The molecule has 19 heavy (non-hydrogen) atoms. The van der Waals surface area contributed by atoms with Crippen LogP contribution in [0, 0.1) is 17.0 Å². The quantitative estimate of drug-likeness (QED) is 0.594. The van der Waals surface area contributed by atoms with Gasteiger partial charge in [-0.3, -0.25) is 19.7 Å². The molecule has 1 aromatic rings. The van der Waals surface area contributed by atoms with E-state index in [4.69, 9.17) is 0 Å². The van der Waals surface area contributed by atoms with Gasteiger partial charge in [-0.1, -0.05) is 0 Å². The van der Waals surface area contributed by atoms with Crippen LogP contribution in [0.2, 0.25) is 0 Å². The standard InChI is InChI=1S/C12H15N3O4/c1-9-4-7-14(12(17)11(9)15(18)19)8-10(16)13-5-2-3-6-13/h4,7H,2-3,5-6,8H2,1H3. The highest BCUT2D eigenvalue weighted by Gasteiger charge is 2.22. The number of aromatic nitrogens is 1. The minimum absolute atomic E-state index is 0.139.